The van der Waals surface area contributed by atoms with Crippen molar-refractivity contribution >= 4 is 17.4 Å². The second-order valence-corrected chi connectivity index (χ2v) is 6.77. The largest absolute Gasteiger partial charge is 0.376 e. The summed E-state index contributed by atoms with van der Waals surface area (Å²) in [4.78, 5) is 19.5. The zero-order chi connectivity index (χ0) is 17.2. The van der Waals surface area contributed by atoms with Crippen LogP contribution in [-0.2, 0) is 11.2 Å². The first-order valence-corrected chi connectivity index (χ1v) is 8.96. The normalized spacial score (nSPS) is 22.0. The molecule has 0 saturated carbocycles. The molecule has 1 aromatic heterocycles. The number of amides is 1. The number of nitrogens with zero attached hydrogens (tertiary/aromatic N) is 2. The van der Waals surface area contributed by atoms with Gasteiger partial charge in [-0.15, -0.1) is 0 Å². The van der Waals surface area contributed by atoms with Crippen LogP contribution in [0.2, 0.25) is 0 Å². The van der Waals surface area contributed by atoms with Gasteiger partial charge in [0.15, 0.2) is 0 Å². The van der Waals surface area contributed by atoms with Crippen LogP contribution in [-0.4, -0.2) is 36.2 Å². The molecular formula is C20H23N3O2. The Labute approximate surface area is 148 Å². The summed E-state index contributed by atoms with van der Waals surface area (Å²) in [6, 6.07) is 12.3. The van der Waals surface area contributed by atoms with E-state index in [4.69, 9.17) is 4.74 Å². The molecule has 3 heterocycles. The first-order valence-electron chi connectivity index (χ1n) is 8.96. The molecule has 0 aliphatic carbocycles. The average molecular weight is 337 g/mol. The van der Waals surface area contributed by atoms with E-state index < -0.39 is 0 Å². The van der Waals surface area contributed by atoms with Gasteiger partial charge in [-0.25, -0.2) is 4.98 Å². The van der Waals surface area contributed by atoms with Gasteiger partial charge in [0.25, 0.3) is 5.91 Å². The van der Waals surface area contributed by atoms with E-state index in [1.807, 2.05) is 18.2 Å². The van der Waals surface area contributed by atoms with E-state index in [9.17, 15) is 4.79 Å². The second-order valence-electron chi connectivity index (χ2n) is 6.77. The molecule has 2 aliphatic heterocycles. The number of hydrogen-bond donors (Lipinski definition) is 1. The van der Waals surface area contributed by atoms with Gasteiger partial charge in [0.1, 0.15) is 5.82 Å². The minimum absolute atomic E-state index is 0.0878. The van der Waals surface area contributed by atoms with Crippen molar-refractivity contribution in [2.45, 2.75) is 38.3 Å². The minimum atomic E-state index is -0.0878. The number of rotatable bonds is 4. The topological polar surface area (TPSA) is 54.5 Å². The number of pyridine rings is 1. The molecule has 2 aromatic rings. The Balaban J connectivity index is 1.60. The summed E-state index contributed by atoms with van der Waals surface area (Å²) < 4.78 is 5.59. The predicted octanol–water partition coefficient (Wildman–Crippen LogP) is 3.07. The molecule has 0 bridgehead atoms. The van der Waals surface area contributed by atoms with E-state index in [0.717, 1.165) is 37.4 Å². The number of hydrogen-bond acceptors (Lipinski definition) is 4. The Morgan fingerprint density at radius 3 is 3.04 bits per heavy atom. The highest BCUT2D eigenvalue weighted by Gasteiger charge is 2.30. The number of anilines is 2. The highest BCUT2D eigenvalue weighted by Crippen LogP contribution is 2.38. The number of carbonyl (C=O) groups is 1. The lowest BCUT2D eigenvalue weighted by atomic mass is 10.1. The summed E-state index contributed by atoms with van der Waals surface area (Å²) in [6.07, 6.45) is 4.93. The minimum Gasteiger partial charge on any atom is -0.376 e. The first kappa shape index (κ1) is 16.1. The van der Waals surface area contributed by atoms with Gasteiger partial charge in [0, 0.05) is 31.1 Å². The molecule has 2 unspecified atom stereocenters. The van der Waals surface area contributed by atoms with Crippen LogP contribution in [0.4, 0.5) is 11.5 Å². The van der Waals surface area contributed by atoms with Crippen molar-refractivity contribution < 1.29 is 9.53 Å². The van der Waals surface area contributed by atoms with E-state index in [1.165, 1.54) is 5.56 Å². The van der Waals surface area contributed by atoms with E-state index in [1.54, 1.807) is 6.20 Å². The second kappa shape index (κ2) is 6.84. The van der Waals surface area contributed by atoms with Gasteiger partial charge in [-0.05, 0) is 49.9 Å². The lowest BCUT2D eigenvalue weighted by molar-refractivity contribution is 0.0858. The Kier molecular flexibility index (Phi) is 4.40. The summed E-state index contributed by atoms with van der Waals surface area (Å²) in [7, 11) is 0. The number of ether oxygens (including phenoxy) is 1. The molecule has 1 aromatic carbocycles. The van der Waals surface area contributed by atoms with E-state index in [-0.39, 0.29) is 18.1 Å². The molecule has 25 heavy (non-hydrogen) atoms. The lowest BCUT2D eigenvalue weighted by Gasteiger charge is -2.26. The highest BCUT2D eigenvalue weighted by atomic mass is 16.5. The van der Waals surface area contributed by atoms with Crippen molar-refractivity contribution in [2.75, 3.05) is 18.1 Å². The number of para-hydroxylation sites is 1. The fourth-order valence-corrected chi connectivity index (χ4v) is 3.76. The summed E-state index contributed by atoms with van der Waals surface area (Å²) >= 11 is 0. The third-order valence-corrected chi connectivity index (χ3v) is 4.98. The van der Waals surface area contributed by atoms with Crippen LogP contribution in [0, 0.1) is 0 Å². The number of fused-ring (bicyclic) bond motifs is 1. The molecule has 1 fully saturated rings. The molecule has 2 aliphatic rings. The van der Waals surface area contributed by atoms with Crippen LogP contribution in [0.5, 0.6) is 0 Å². The Morgan fingerprint density at radius 2 is 2.20 bits per heavy atom. The van der Waals surface area contributed by atoms with Gasteiger partial charge >= 0.3 is 0 Å². The van der Waals surface area contributed by atoms with Crippen molar-refractivity contribution in [1.82, 2.24) is 10.3 Å². The van der Waals surface area contributed by atoms with Crippen LogP contribution in [0.25, 0.3) is 0 Å². The van der Waals surface area contributed by atoms with Crippen LogP contribution >= 0.6 is 0 Å². The monoisotopic (exact) mass is 337 g/mol. The average Bonchev–Trinajstić information content (AvgIpc) is 3.26. The third-order valence-electron chi connectivity index (χ3n) is 4.98. The van der Waals surface area contributed by atoms with Gasteiger partial charge < -0.3 is 15.0 Å². The molecule has 2 atom stereocenters. The lowest BCUT2D eigenvalue weighted by Crippen LogP contribution is -2.34. The van der Waals surface area contributed by atoms with Gasteiger partial charge in [0.2, 0.25) is 0 Å². The maximum atomic E-state index is 12.8. The van der Waals surface area contributed by atoms with Crippen molar-refractivity contribution in [1.29, 1.82) is 0 Å². The number of benzene rings is 1. The molecule has 1 saturated heterocycles. The summed E-state index contributed by atoms with van der Waals surface area (Å²) in [5.74, 6) is 0.639. The van der Waals surface area contributed by atoms with Gasteiger partial charge in [-0.3, -0.25) is 4.79 Å². The summed E-state index contributed by atoms with van der Waals surface area (Å²) in [5.41, 5.74) is 3.05. The quantitative estimate of drug-likeness (QED) is 0.931. The first-order chi connectivity index (χ1) is 12.2. The fraction of sp³-hybridized carbons (Fsp3) is 0.400. The highest BCUT2D eigenvalue weighted by molar-refractivity contribution is 6.00. The zero-order valence-electron chi connectivity index (χ0n) is 14.4. The SMILES string of the molecule is CC1Cc2ccccc2N1c1ncccc1C(=O)NCC1CCCO1. The molecule has 5 nitrogen and oxygen atoms in total. The van der Waals surface area contributed by atoms with Crippen LogP contribution in [0.1, 0.15) is 35.7 Å². The number of nitrogens with one attached hydrogen (secondary N) is 1. The summed E-state index contributed by atoms with van der Waals surface area (Å²) in [6.45, 7) is 3.52. The van der Waals surface area contributed by atoms with Gasteiger partial charge in [-0.2, -0.15) is 0 Å². The third kappa shape index (κ3) is 3.12. The van der Waals surface area contributed by atoms with Gasteiger partial charge in [-0.1, -0.05) is 18.2 Å². The zero-order valence-corrected chi connectivity index (χ0v) is 14.4. The van der Waals surface area contributed by atoms with Crippen LogP contribution < -0.4 is 10.2 Å². The maximum Gasteiger partial charge on any atom is 0.255 e. The van der Waals surface area contributed by atoms with Crippen molar-refractivity contribution in [2.24, 2.45) is 0 Å². The van der Waals surface area contributed by atoms with Gasteiger partial charge in [0.05, 0.1) is 11.7 Å². The van der Waals surface area contributed by atoms with Crippen molar-refractivity contribution in [3.8, 4) is 0 Å². The van der Waals surface area contributed by atoms with E-state index >= 15 is 0 Å². The number of carbonyl (C=O) groups excluding carboxylic acids is 1. The molecule has 4 rings (SSSR count). The maximum absolute atomic E-state index is 12.8. The Bertz CT molecular complexity index is 771. The molecule has 130 valence electrons. The van der Waals surface area contributed by atoms with Crippen LogP contribution in [0.15, 0.2) is 42.6 Å². The molecule has 0 spiro atoms. The van der Waals surface area contributed by atoms with Crippen LogP contribution in [0.3, 0.4) is 0 Å². The van der Waals surface area contributed by atoms with E-state index in [0.29, 0.717) is 12.1 Å². The molecule has 1 amide bonds. The van der Waals surface area contributed by atoms with Crippen molar-refractivity contribution in [3.63, 3.8) is 0 Å². The fourth-order valence-electron chi connectivity index (χ4n) is 3.76. The summed E-state index contributed by atoms with van der Waals surface area (Å²) in [5, 5.41) is 3.01. The molecular weight excluding hydrogens is 314 g/mol. The molecule has 5 heteroatoms. The molecule has 0 radical (unpaired) electrons. The van der Waals surface area contributed by atoms with Crippen molar-refractivity contribution in [3.05, 3.63) is 53.7 Å². The Hall–Kier alpha value is -2.40. The Morgan fingerprint density at radius 1 is 1.32 bits per heavy atom. The van der Waals surface area contributed by atoms with E-state index in [2.05, 4.69) is 40.3 Å². The standard InChI is InChI=1S/C20H23N3O2/c1-14-12-15-6-2-3-9-18(15)23(14)19-17(8-4-10-21-19)20(24)22-13-16-7-5-11-25-16/h2-4,6,8-10,14,16H,5,7,11-13H2,1H3,(H,22,24). The number of aromatic nitrogens is 1. The smallest absolute Gasteiger partial charge is 0.255 e. The predicted molar refractivity (Wildman–Crippen MR) is 97.3 cm³/mol. The molecule has 1 N–H and O–H groups in total.